The Morgan fingerprint density at radius 2 is 1.96 bits per heavy atom. The van der Waals surface area contributed by atoms with E-state index >= 15 is 0 Å². The third-order valence-electron chi connectivity index (χ3n) is 4.50. The maximum absolute atomic E-state index is 14.7. The molecule has 0 aromatic heterocycles. The van der Waals surface area contributed by atoms with Gasteiger partial charge in [0.1, 0.15) is 23.8 Å². The number of alkyl carbamates (subject to hydrolysis) is 1. The highest BCUT2D eigenvalue weighted by Crippen LogP contribution is 2.37. The van der Waals surface area contributed by atoms with E-state index in [4.69, 9.17) is 9.47 Å². The molecule has 2 aromatic carbocycles. The zero-order chi connectivity index (χ0) is 19.4. The largest absolute Gasteiger partial charge is 0.489 e. The van der Waals surface area contributed by atoms with Crippen molar-refractivity contribution < 1.29 is 18.7 Å². The fraction of sp³-hybridized carbons (Fsp3) is 0.409. The van der Waals surface area contributed by atoms with E-state index in [1.807, 2.05) is 57.2 Å². The molecule has 0 heterocycles. The number of rotatable bonds is 5. The van der Waals surface area contributed by atoms with Crippen LogP contribution in [0, 0.1) is 5.82 Å². The summed E-state index contributed by atoms with van der Waals surface area (Å²) in [4.78, 5) is 11.8. The van der Waals surface area contributed by atoms with E-state index in [0.717, 1.165) is 24.0 Å². The van der Waals surface area contributed by atoms with E-state index in [1.54, 1.807) is 0 Å². The van der Waals surface area contributed by atoms with Crippen LogP contribution in [0.2, 0.25) is 0 Å². The molecule has 0 saturated heterocycles. The highest BCUT2D eigenvalue weighted by molar-refractivity contribution is 5.67. The van der Waals surface area contributed by atoms with Gasteiger partial charge in [-0.3, -0.25) is 0 Å². The normalized spacial score (nSPS) is 15.9. The fourth-order valence-corrected chi connectivity index (χ4v) is 3.33. The number of nitrogens with one attached hydrogen (secondary N) is 1. The van der Waals surface area contributed by atoms with Gasteiger partial charge >= 0.3 is 6.09 Å². The first-order valence-electron chi connectivity index (χ1n) is 9.28. The van der Waals surface area contributed by atoms with E-state index in [0.29, 0.717) is 24.5 Å². The number of fused-ring (bicyclic) bond motifs is 1. The molecule has 5 heteroatoms. The van der Waals surface area contributed by atoms with Gasteiger partial charge in [-0.1, -0.05) is 30.3 Å². The first-order valence-corrected chi connectivity index (χ1v) is 9.28. The SMILES string of the molecule is CC(C)(C)OC(=O)NCC1CCc2cc(OCc3ccccc3)cc(F)c21. The molecule has 1 aliphatic rings. The summed E-state index contributed by atoms with van der Waals surface area (Å²) in [6, 6.07) is 13.1. The molecule has 2 aromatic rings. The van der Waals surface area contributed by atoms with Crippen molar-refractivity contribution in [3.05, 3.63) is 65.0 Å². The van der Waals surface area contributed by atoms with Crippen LogP contribution < -0.4 is 10.1 Å². The van der Waals surface area contributed by atoms with Gasteiger partial charge in [-0.15, -0.1) is 0 Å². The van der Waals surface area contributed by atoms with Crippen molar-refractivity contribution in [3.63, 3.8) is 0 Å². The Hall–Kier alpha value is -2.56. The van der Waals surface area contributed by atoms with E-state index in [2.05, 4.69) is 5.32 Å². The molecule has 4 nitrogen and oxygen atoms in total. The van der Waals surface area contributed by atoms with Gasteiger partial charge in [0.25, 0.3) is 0 Å². The number of amides is 1. The molecule has 1 aliphatic carbocycles. The minimum absolute atomic E-state index is 0.0457. The number of hydrogen-bond acceptors (Lipinski definition) is 3. The van der Waals surface area contributed by atoms with Crippen LogP contribution in [-0.2, 0) is 17.8 Å². The van der Waals surface area contributed by atoms with Crippen molar-refractivity contribution in [2.24, 2.45) is 0 Å². The van der Waals surface area contributed by atoms with Crippen LogP contribution in [0.3, 0.4) is 0 Å². The third kappa shape index (κ3) is 5.22. The molecule has 0 aliphatic heterocycles. The van der Waals surface area contributed by atoms with Crippen molar-refractivity contribution in [1.82, 2.24) is 5.32 Å². The predicted molar refractivity (Wildman–Crippen MR) is 102 cm³/mol. The highest BCUT2D eigenvalue weighted by atomic mass is 19.1. The number of benzene rings is 2. The average molecular weight is 371 g/mol. The highest BCUT2D eigenvalue weighted by Gasteiger charge is 2.28. The second kappa shape index (κ2) is 7.99. The number of carbonyl (C=O) groups excluding carboxylic acids is 1. The molecule has 1 amide bonds. The molecule has 0 bridgehead atoms. The standard InChI is InChI=1S/C22H26FNO3/c1-22(2,3)27-21(25)24-13-17-10-9-16-11-18(12-19(23)20(16)17)26-14-15-7-5-4-6-8-15/h4-8,11-12,17H,9-10,13-14H2,1-3H3,(H,24,25). The van der Waals surface area contributed by atoms with Gasteiger partial charge in [0, 0.05) is 18.5 Å². The predicted octanol–water partition coefficient (Wildman–Crippen LogP) is 4.96. The number of carbonyl (C=O) groups is 1. The van der Waals surface area contributed by atoms with Crippen molar-refractivity contribution in [3.8, 4) is 5.75 Å². The first-order chi connectivity index (χ1) is 12.8. The lowest BCUT2D eigenvalue weighted by atomic mass is 10.0. The number of halogens is 1. The first kappa shape index (κ1) is 19.2. The van der Waals surface area contributed by atoms with Gasteiger partial charge in [0.2, 0.25) is 0 Å². The Balaban J connectivity index is 1.62. The number of ether oxygens (including phenoxy) is 2. The van der Waals surface area contributed by atoms with Crippen LogP contribution in [0.1, 0.15) is 49.8 Å². The summed E-state index contributed by atoms with van der Waals surface area (Å²) in [5.74, 6) is 0.218. The molecule has 1 unspecified atom stereocenters. The smallest absolute Gasteiger partial charge is 0.407 e. The van der Waals surface area contributed by atoms with E-state index in [-0.39, 0.29) is 11.7 Å². The molecule has 27 heavy (non-hydrogen) atoms. The Labute approximate surface area is 159 Å². The maximum atomic E-state index is 14.7. The second-order valence-electron chi connectivity index (χ2n) is 7.87. The van der Waals surface area contributed by atoms with E-state index in [1.165, 1.54) is 6.07 Å². The molecule has 144 valence electrons. The van der Waals surface area contributed by atoms with Crippen molar-refractivity contribution in [1.29, 1.82) is 0 Å². The average Bonchev–Trinajstić information content (AvgIpc) is 3.01. The Kier molecular flexibility index (Phi) is 5.68. The Morgan fingerprint density at radius 1 is 1.22 bits per heavy atom. The minimum atomic E-state index is -0.548. The van der Waals surface area contributed by atoms with Gasteiger partial charge in [0.15, 0.2) is 0 Å². The third-order valence-corrected chi connectivity index (χ3v) is 4.50. The van der Waals surface area contributed by atoms with Gasteiger partial charge < -0.3 is 14.8 Å². The van der Waals surface area contributed by atoms with Crippen molar-refractivity contribution >= 4 is 6.09 Å². The lowest BCUT2D eigenvalue weighted by Gasteiger charge is -2.21. The maximum Gasteiger partial charge on any atom is 0.407 e. The van der Waals surface area contributed by atoms with Gasteiger partial charge in [-0.25, -0.2) is 9.18 Å². The molecule has 0 fully saturated rings. The summed E-state index contributed by atoms with van der Waals surface area (Å²) < 4.78 is 25.7. The minimum Gasteiger partial charge on any atom is -0.489 e. The van der Waals surface area contributed by atoms with E-state index in [9.17, 15) is 9.18 Å². The Bertz CT molecular complexity index is 799. The van der Waals surface area contributed by atoms with E-state index < -0.39 is 11.7 Å². The van der Waals surface area contributed by atoms with Crippen molar-refractivity contribution in [2.45, 2.75) is 51.7 Å². The lowest BCUT2D eigenvalue weighted by Crippen LogP contribution is -2.34. The summed E-state index contributed by atoms with van der Waals surface area (Å²) >= 11 is 0. The second-order valence-corrected chi connectivity index (χ2v) is 7.87. The molecule has 0 spiro atoms. The number of hydrogen-bond donors (Lipinski definition) is 1. The van der Waals surface area contributed by atoms with Gasteiger partial charge in [-0.05, 0) is 56.4 Å². The topological polar surface area (TPSA) is 47.6 Å². The molecule has 0 radical (unpaired) electrons. The molecule has 1 atom stereocenters. The molecule has 0 saturated carbocycles. The summed E-state index contributed by atoms with van der Waals surface area (Å²) in [6.45, 7) is 6.21. The zero-order valence-electron chi connectivity index (χ0n) is 16.0. The van der Waals surface area contributed by atoms with Crippen LogP contribution in [0.5, 0.6) is 5.75 Å². The fourth-order valence-electron chi connectivity index (χ4n) is 3.33. The van der Waals surface area contributed by atoms with Crippen LogP contribution in [0.25, 0.3) is 0 Å². The van der Waals surface area contributed by atoms with Gasteiger partial charge in [-0.2, -0.15) is 0 Å². The van der Waals surface area contributed by atoms with Crippen LogP contribution >= 0.6 is 0 Å². The monoisotopic (exact) mass is 371 g/mol. The lowest BCUT2D eigenvalue weighted by molar-refractivity contribution is 0.0524. The number of aryl methyl sites for hydroxylation is 1. The molecular formula is C22H26FNO3. The summed E-state index contributed by atoms with van der Waals surface area (Å²) in [6.07, 6.45) is 1.10. The summed E-state index contributed by atoms with van der Waals surface area (Å²) in [5.41, 5.74) is 2.12. The van der Waals surface area contributed by atoms with Crippen LogP contribution in [-0.4, -0.2) is 18.2 Å². The van der Waals surface area contributed by atoms with Crippen LogP contribution in [0.4, 0.5) is 9.18 Å². The Morgan fingerprint density at radius 3 is 2.67 bits per heavy atom. The molecule has 3 rings (SSSR count). The molecule has 1 N–H and O–H groups in total. The molecular weight excluding hydrogens is 345 g/mol. The van der Waals surface area contributed by atoms with Crippen molar-refractivity contribution in [2.75, 3.05) is 6.54 Å². The zero-order valence-corrected chi connectivity index (χ0v) is 16.0. The summed E-state index contributed by atoms with van der Waals surface area (Å²) in [7, 11) is 0. The van der Waals surface area contributed by atoms with Gasteiger partial charge in [0.05, 0.1) is 0 Å². The summed E-state index contributed by atoms with van der Waals surface area (Å²) in [5, 5.41) is 2.75. The van der Waals surface area contributed by atoms with Crippen LogP contribution in [0.15, 0.2) is 42.5 Å². The quantitative estimate of drug-likeness (QED) is 0.808.